The van der Waals surface area contributed by atoms with Crippen LogP contribution in [0.15, 0.2) is 18.2 Å². The van der Waals surface area contributed by atoms with Crippen LogP contribution in [0.1, 0.15) is 31.9 Å². The highest BCUT2D eigenvalue weighted by molar-refractivity contribution is 5.37. The molecule has 0 fully saturated rings. The fourth-order valence-electron chi connectivity index (χ4n) is 1.83. The minimum absolute atomic E-state index is 0.125. The molecule has 0 aliphatic carbocycles. The molecule has 0 radical (unpaired) electrons. The summed E-state index contributed by atoms with van der Waals surface area (Å²) < 4.78 is 5.34. The van der Waals surface area contributed by atoms with E-state index in [9.17, 15) is 0 Å². The van der Waals surface area contributed by atoms with Crippen molar-refractivity contribution in [2.24, 2.45) is 0 Å². The molecule has 0 saturated carbocycles. The lowest BCUT2D eigenvalue weighted by molar-refractivity contribution is 0.393. The molecule has 0 aliphatic heterocycles. The summed E-state index contributed by atoms with van der Waals surface area (Å²) >= 11 is 0. The Morgan fingerprint density at radius 3 is 2.56 bits per heavy atom. The van der Waals surface area contributed by atoms with Crippen LogP contribution in [0.25, 0.3) is 0 Å². The van der Waals surface area contributed by atoms with Crippen LogP contribution < -0.4 is 15.4 Å². The second kappa shape index (κ2) is 6.76. The first kappa shape index (κ1) is 15.0. The van der Waals surface area contributed by atoms with E-state index in [1.165, 1.54) is 11.1 Å². The van der Waals surface area contributed by atoms with Crippen LogP contribution >= 0.6 is 0 Å². The van der Waals surface area contributed by atoms with E-state index in [-0.39, 0.29) is 5.54 Å². The van der Waals surface area contributed by atoms with Crippen LogP contribution in [0.5, 0.6) is 5.75 Å². The molecule has 0 saturated heterocycles. The van der Waals surface area contributed by atoms with Crippen molar-refractivity contribution in [1.82, 2.24) is 10.6 Å². The number of aryl methyl sites for hydroxylation is 1. The Kier molecular flexibility index (Phi) is 5.63. The SMILES string of the molecule is CCc1cc(CNCC(C)(C)NC)ccc1OC. The zero-order valence-electron chi connectivity index (χ0n) is 12.3. The van der Waals surface area contributed by atoms with Crippen LogP contribution in [0.4, 0.5) is 0 Å². The number of benzene rings is 1. The molecule has 0 amide bonds. The van der Waals surface area contributed by atoms with Crippen LogP contribution in [-0.2, 0) is 13.0 Å². The zero-order chi connectivity index (χ0) is 13.6. The molecule has 0 aliphatic rings. The van der Waals surface area contributed by atoms with Crippen molar-refractivity contribution in [3.8, 4) is 5.75 Å². The Hall–Kier alpha value is -1.06. The normalized spacial score (nSPS) is 11.6. The highest BCUT2D eigenvalue weighted by Crippen LogP contribution is 2.20. The second-order valence-electron chi connectivity index (χ2n) is 5.24. The fourth-order valence-corrected chi connectivity index (χ4v) is 1.83. The third-order valence-corrected chi connectivity index (χ3v) is 3.30. The molecule has 0 spiro atoms. The van der Waals surface area contributed by atoms with Crippen LogP contribution in [0.3, 0.4) is 0 Å². The molecule has 0 aromatic heterocycles. The molecule has 18 heavy (non-hydrogen) atoms. The molecule has 3 nitrogen and oxygen atoms in total. The van der Waals surface area contributed by atoms with Crippen molar-refractivity contribution in [2.45, 2.75) is 39.3 Å². The van der Waals surface area contributed by atoms with Gasteiger partial charge in [-0.05, 0) is 44.5 Å². The molecule has 0 heterocycles. The Bertz CT molecular complexity index is 375. The monoisotopic (exact) mass is 250 g/mol. The molecular weight excluding hydrogens is 224 g/mol. The fraction of sp³-hybridized carbons (Fsp3) is 0.600. The molecule has 3 heteroatoms. The number of hydrogen-bond acceptors (Lipinski definition) is 3. The predicted molar refractivity (Wildman–Crippen MR) is 77.2 cm³/mol. The predicted octanol–water partition coefficient (Wildman–Crippen LogP) is 2.35. The average Bonchev–Trinajstić information content (AvgIpc) is 2.38. The van der Waals surface area contributed by atoms with Gasteiger partial charge in [-0.15, -0.1) is 0 Å². The van der Waals surface area contributed by atoms with Gasteiger partial charge < -0.3 is 15.4 Å². The zero-order valence-corrected chi connectivity index (χ0v) is 12.3. The van der Waals surface area contributed by atoms with Crippen molar-refractivity contribution in [2.75, 3.05) is 20.7 Å². The lowest BCUT2D eigenvalue weighted by Crippen LogP contribution is -2.45. The van der Waals surface area contributed by atoms with E-state index >= 15 is 0 Å². The summed E-state index contributed by atoms with van der Waals surface area (Å²) in [5.74, 6) is 0.983. The minimum atomic E-state index is 0.125. The summed E-state index contributed by atoms with van der Waals surface area (Å²) in [6.07, 6.45) is 0.999. The number of hydrogen-bond donors (Lipinski definition) is 2. The van der Waals surface area contributed by atoms with Gasteiger partial charge >= 0.3 is 0 Å². The number of likely N-dealkylation sites (N-methyl/N-ethyl adjacent to an activating group) is 1. The highest BCUT2D eigenvalue weighted by Gasteiger charge is 2.13. The Morgan fingerprint density at radius 1 is 1.28 bits per heavy atom. The summed E-state index contributed by atoms with van der Waals surface area (Å²) in [5.41, 5.74) is 2.70. The van der Waals surface area contributed by atoms with Crippen molar-refractivity contribution in [3.05, 3.63) is 29.3 Å². The Balaban J connectivity index is 2.58. The van der Waals surface area contributed by atoms with Gasteiger partial charge in [-0.2, -0.15) is 0 Å². The summed E-state index contributed by atoms with van der Waals surface area (Å²) in [7, 11) is 3.71. The van der Waals surface area contributed by atoms with E-state index in [1.807, 2.05) is 7.05 Å². The molecule has 0 atom stereocenters. The Labute approximate surface area is 111 Å². The molecular formula is C15H26N2O. The van der Waals surface area contributed by atoms with E-state index in [1.54, 1.807) is 7.11 Å². The number of methoxy groups -OCH3 is 1. The Morgan fingerprint density at radius 2 is 2.00 bits per heavy atom. The maximum atomic E-state index is 5.34. The van der Waals surface area contributed by atoms with Crippen LogP contribution in [-0.4, -0.2) is 26.2 Å². The van der Waals surface area contributed by atoms with Gasteiger partial charge in [0.25, 0.3) is 0 Å². The van der Waals surface area contributed by atoms with Gasteiger partial charge in [-0.1, -0.05) is 19.1 Å². The van der Waals surface area contributed by atoms with E-state index in [2.05, 4.69) is 49.6 Å². The van der Waals surface area contributed by atoms with Crippen molar-refractivity contribution in [3.63, 3.8) is 0 Å². The van der Waals surface area contributed by atoms with Gasteiger partial charge in [0.1, 0.15) is 5.75 Å². The first-order valence-corrected chi connectivity index (χ1v) is 6.58. The van der Waals surface area contributed by atoms with Gasteiger partial charge in [0.05, 0.1) is 7.11 Å². The first-order valence-electron chi connectivity index (χ1n) is 6.58. The highest BCUT2D eigenvalue weighted by atomic mass is 16.5. The van der Waals surface area contributed by atoms with Gasteiger partial charge in [0, 0.05) is 18.6 Å². The molecule has 1 rings (SSSR count). The maximum absolute atomic E-state index is 5.34. The van der Waals surface area contributed by atoms with Gasteiger partial charge in [-0.3, -0.25) is 0 Å². The number of nitrogens with one attached hydrogen (secondary N) is 2. The van der Waals surface area contributed by atoms with Gasteiger partial charge in [0.15, 0.2) is 0 Å². The van der Waals surface area contributed by atoms with Gasteiger partial charge in [0.2, 0.25) is 0 Å². The second-order valence-corrected chi connectivity index (χ2v) is 5.24. The van der Waals surface area contributed by atoms with E-state index in [0.717, 1.165) is 25.3 Å². The molecule has 102 valence electrons. The number of rotatable bonds is 7. The third-order valence-electron chi connectivity index (χ3n) is 3.30. The summed E-state index contributed by atoms with van der Waals surface area (Å²) in [4.78, 5) is 0. The van der Waals surface area contributed by atoms with E-state index in [4.69, 9.17) is 4.74 Å². The third kappa shape index (κ3) is 4.31. The minimum Gasteiger partial charge on any atom is -0.496 e. The topological polar surface area (TPSA) is 33.3 Å². The average molecular weight is 250 g/mol. The first-order chi connectivity index (χ1) is 8.52. The maximum Gasteiger partial charge on any atom is 0.122 e. The van der Waals surface area contributed by atoms with E-state index < -0.39 is 0 Å². The van der Waals surface area contributed by atoms with Gasteiger partial charge in [-0.25, -0.2) is 0 Å². The van der Waals surface area contributed by atoms with Crippen molar-refractivity contribution < 1.29 is 4.74 Å². The summed E-state index contributed by atoms with van der Waals surface area (Å²) in [5, 5.41) is 6.76. The standard InChI is InChI=1S/C15H26N2O/c1-6-13-9-12(7-8-14(13)18-5)10-17-11-15(2,3)16-4/h7-9,16-17H,6,10-11H2,1-5H3. The smallest absolute Gasteiger partial charge is 0.122 e. The van der Waals surface area contributed by atoms with Crippen molar-refractivity contribution >= 4 is 0 Å². The van der Waals surface area contributed by atoms with Crippen LogP contribution in [0.2, 0.25) is 0 Å². The van der Waals surface area contributed by atoms with Crippen LogP contribution in [0, 0.1) is 0 Å². The number of ether oxygens (including phenoxy) is 1. The van der Waals surface area contributed by atoms with Crippen molar-refractivity contribution in [1.29, 1.82) is 0 Å². The van der Waals surface area contributed by atoms with E-state index in [0.29, 0.717) is 0 Å². The molecule has 0 unspecified atom stereocenters. The molecule has 1 aromatic rings. The molecule has 2 N–H and O–H groups in total. The lowest BCUT2D eigenvalue weighted by atomic mass is 10.1. The molecule has 1 aromatic carbocycles. The molecule has 0 bridgehead atoms. The summed E-state index contributed by atoms with van der Waals surface area (Å²) in [6.45, 7) is 8.36. The summed E-state index contributed by atoms with van der Waals surface area (Å²) in [6, 6.07) is 6.40. The largest absolute Gasteiger partial charge is 0.496 e. The quantitative estimate of drug-likeness (QED) is 0.779. The lowest BCUT2D eigenvalue weighted by Gasteiger charge is -2.24.